The van der Waals surface area contributed by atoms with E-state index in [1.165, 1.54) is 11.3 Å². The Balaban J connectivity index is 2.15. The summed E-state index contributed by atoms with van der Waals surface area (Å²) in [5.41, 5.74) is 2.62. The van der Waals surface area contributed by atoms with Gasteiger partial charge in [-0.1, -0.05) is 0 Å². The molecular weight excluding hydrogens is 176 g/mol. The summed E-state index contributed by atoms with van der Waals surface area (Å²) in [5.74, 6) is 0.319. The molecule has 1 atom stereocenters. The summed E-state index contributed by atoms with van der Waals surface area (Å²) in [5, 5.41) is 0. The molecule has 1 aromatic heterocycles. The minimum Gasteiger partial charge on any atom is -0.365 e. The summed E-state index contributed by atoms with van der Waals surface area (Å²) >= 11 is 0. The number of H-pyrrole nitrogens is 1. The first-order chi connectivity index (χ1) is 6.72. The molecular formula is C11H14N2O. The average Bonchev–Trinajstić information content (AvgIpc) is 2.72. The molecule has 1 N–H and O–H groups in total. The van der Waals surface area contributed by atoms with Crippen molar-refractivity contribution in [1.29, 1.82) is 0 Å². The van der Waals surface area contributed by atoms with Crippen LogP contribution in [0.5, 0.6) is 0 Å². The van der Waals surface area contributed by atoms with E-state index >= 15 is 0 Å². The van der Waals surface area contributed by atoms with Gasteiger partial charge in [0, 0.05) is 31.3 Å². The van der Waals surface area contributed by atoms with Crippen LogP contribution >= 0.6 is 0 Å². The molecule has 1 aromatic rings. The van der Waals surface area contributed by atoms with E-state index in [9.17, 15) is 4.79 Å². The number of carbonyl (C=O) groups is 1. The Morgan fingerprint density at radius 1 is 1.50 bits per heavy atom. The normalized spacial score (nSPS) is 30.4. The van der Waals surface area contributed by atoms with Crippen molar-refractivity contribution < 1.29 is 4.79 Å². The standard InChI is InChI=1S/C11H14N2O/c1-11-5-2-10(14)13(11)7-4-9-8(11)3-6-12-9/h3,6,12H,2,4-5,7H2,1H3. The number of fused-ring (bicyclic) bond motifs is 3. The fourth-order valence-corrected chi connectivity index (χ4v) is 2.89. The lowest BCUT2D eigenvalue weighted by molar-refractivity contribution is -0.131. The van der Waals surface area contributed by atoms with E-state index < -0.39 is 0 Å². The molecule has 14 heavy (non-hydrogen) atoms. The van der Waals surface area contributed by atoms with Crippen LogP contribution in [0.1, 0.15) is 31.0 Å². The molecule has 3 nitrogen and oxygen atoms in total. The molecule has 0 aromatic carbocycles. The van der Waals surface area contributed by atoms with Crippen LogP contribution in [0.25, 0.3) is 0 Å². The van der Waals surface area contributed by atoms with Crippen LogP contribution in [0, 0.1) is 0 Å². The van der Waals surface area contributed by atoms with Crippen LogP contribution in [-0.4, -0.2) is 22.3 Å². The number of nitrogens with one attached hydrogen (secondary N) is 1. The molecule has 0 bridgehead atoms. The minimum absolute atomic E-state index is 0.0231. The van der Waals surface area contributed by atoms with E-state index in [-0.39, 0.29) is 5.54 Å². The highest BCUT2D eigenvalue weighted by atomic mass is 16.2. The highest BCUT2D eigenvalue weighted by Gasteiger charge is 2.46. The summed E-state index contributed by atoms with van der Waals surface area (Å²) in [6, 6.07) is 2.13. The van der Waals surface area contributed by atoms with E-state index in [2.05, 4.69) is 18.0 Å². The Bertz CT molecular complexity index is 396. The molecule has 1 amide bonds. The van der Waals surface area contributed by atoms with Gasteiger partial charge < -0.3 is 9.88 Å². The van der Waals surface area contributed by atoms with E-state index in [4.69, 9.17) is 0 Å². The van der Waals surface area contributed by atoms with Gasteiger partial charge in [0.15, 0.2) is 0 Å². The van der Waals surface area contributed by atoms with Gasteiger partial charge in [-0.25, -0.2) is 0 Å². The fraction of sp³-hybridized carbons (Fsp3) is 0.545. The largest absolute Gasteiger partial charge is 0.365 e. The molecule has 1 fully saturated rings. The summed E-state index contributed by atoms with van der Waals surface area (Å²) in [7, 11) is 0. The smallest absolute Gasteiger partial charge is 0.223 e. The molecule has 2 aliphatic rings. The van der Waals surface area contributed by atoms with Gasteiger partial charge in [0.2, 0.25) is 5.91 Å². The maximum Gasteiger partial charge on any atom is 0.223 e. The van der Waals surface area contributed by atoms with Gasteiger partial charge >= 0.3 is 0 Å². The summed E-state index contributed by atoms with van der Waals surface area (Å²) in [4.78, 5) is 17.0. The fourth-order valence-electron chi connectivity index (χ4n) is 2.89. The Hall–Kier alpha value is -1.25. The zero-order chi connectivity index (χ0) is 9.76. The van der Waals surface area contributed by atoms with Gasteiger partial charge in [-0.15, -0.1) is 0 Å². The lowest BCUT2D eigenvalue weighted by Gasteiger charge is -2.39. The topological polar surface area (TPSA) is 36.1 Å². The SMILES string of the molecule is CC12CCC(=O)N1CCc1[nH]ccc12. The van der Waals surface area contributed by atoms with Crippen molar-refractivity contribution in [2.45, 2.75) is 31.7 Å². The van der Waals surface area contributed by atoms with E-state index in [1.807, 2.05) is 11.1 Å². The van der Waals surface area contributed by atoms with Gasteiger partial charge in [0.05, 0.1) is 5.54 Å². The first-order valence-electron chi connectivity index (χ1n) is 5.19. The van der Waals surface area contributed by atoms with Crippen LogP contribution in [0.3, 0.4) is 0 Å². The van der Waals surface area contributed by atoms with Gasteiger partial charge in [0.25, 0.3) is 0 Å². The predicted octanol–water partition coefficient (Wildman–Crippen LogP) is 1.41. The van der Waals surface area contributed by atoms with Gasteiger partial charge in [-0.2, -0.15) is 0 Å². The molecule has 2 aliphatic heterocycles. The van der Waals surface area contributed by atoms with Crippen LogP contribution in [0.4, 0.5) is 0 Å². The van der Waals surface area contributed by atoms with E-state index in [0.29, 0.717) is 12.3 Å². The van der Waals surface area contributed by atoms with Crippen molar-refractivity contribution in [3.05, 3.63) is 23.5 Å². The highest BCUT2D eigenvalue weighted by molar-refractivity contribution is 5.80. The van der Waals surface area contributed by atoms with Gasteiger partial charge in [0.1, 0.15) is 0 Å². The lowest BCUT2D eigenvalue weighted by atomic mass is 9.86. The molecule has 0 aliphatic carbocycles. The Kier molecular flexibility index (Phi) is 1.39. The van der Waals surface area contributed by atoms with Crippen molar-refractivity contribution in [2.75, 3.05) is 6.54 Å². The molecule has 0 saturated carbocycles. The number of aromatic amines is 1. The number of hydrogen-bond acceptors (Lipinski definition) is 1. The third kappa shape index (κ3) is 0.800. The number of rotatable bonds is 0. The number of hydrogen-bond donors (Lipinski definition) is 1. The Labute approximate surface area is 83.1 Å². The van der Waals surface area contributed by atoms with Crippen LogP contribution in [0.15, 0.2) is 12.3 Å². The van der Waals surface area contributed by atoms with Crippen molar-refractivity contribution in [3.8, 4) is 0 Å². The number of nitrogens with zero attached hydrogens (tertiary/aromatic N) is 1. The zero-order valence-corrected chi connectivity index (χ0v) is 8.34. The third-order valence-electron chi connectivity index (χ3n) is 3.72. The van der Waals surface area contributed by atoms with Gasteiger partial charge in [-0.05, 0) is 25.0 Å². The number of aromatic nitrogens is 1. The first kappa shape index (κ1) is 8.09. The molecule has 0 radical (unpaired) electrons. The van der Waals surface area contributed by atoms with E-state index in [1.54, 1.807) is 0 Å². The second-order valence-corrected chi connectivity index (χ2v) is 4.44. The molecule has 1 saturated heterocycles. The average molecular weight is 190 g/mol. The van der Waals surface area contributed by atoms with Crippen molar-refractivity contribution in [1.82, 2.24) is 9.88 Å². The molecule has 0 spiro atoms. The first-order valence-corrected chi connectivity index (χ1v) is 5.19. The maximum absolute atomic E-state index is 11.7. The molecule has 3 heterocycles. The van der Waals surface area contributed by atoms with E-state index in [0.717, 1.165) is 19.4 Å². The summed E-state index contributed by atoms with van der Waals surface area (Å²) in [6.07, 6.45) is 4.64. The lowest BCUT2D eigenvalue weighted by Crippen LogP contribution is -2.45. The van der Waals surface area contributed by atoms with Crippen molar-refractivity contribution in [3.63, 3.8) is 0 Å². The van der Waals surface area contributed by atoms with Crippen LogP contribution in [-0.2, 0) is 16.8 Å². The Morgan fingerprint density at radius 2 is 2.36 bits per heavy atom. The number of carbonyl (C=O) groups excluding carboxylic acids is 1. The van der Waals surface area contributed by atoms with Gasteiger partial charge in [-0.3, -0.25) is 4.79 Å². The highest BCUT2D eigenvalue weighted by Crippen LogP contribution is 2.43. The maximum atomic E-state index is 11.7. The molecule has 74 valence electrons. The summed E-state index contributed by atoms with van der Waals surface area (Å²) in [6.45, 7) is 3.06. The Morgan fingerprint density at radius 3 is 3.21 bits per heavy atom. The van der Waals surface area contributed by atoms with Crippen molar-refractivity contribution in [2.24, 2.45) is 0 Å². The minimum atomic E-state index is -0.0231. The molecule has 3 heteroatoms. The second-order valence-electron chi connectivity index (χ2n) is 4.44. The monoisotopic (exact) mass is 190 g/mol. The number of amides is 1. The summed E-state index contributed by atoms with van der Waals surface area (Å²) < 4.78 is 0. The van der Waals surface area contributed by atoms with Crippen LogP contribution in [0.2, 0.25) is 0 Å². The second kappa shape index (κ2) is 2.41. The zero-order valence-electron chi connectivity index (χ0n) is 8.34. The molecule has 3 rings (SSSR count). The quantitative estimate of drug-likeness (QED) is 0.659. The third-order valence-corrected chi connectivity index (χ3v) is 3.72. The van der Waals surface area contributed by atoms with Crippen LogP contribution < -0.4 is 0 Å². The predicted molar refractivity (Wildman–Crippen MR) is 52.8 cm³/mol. The van der Waals surface area contributed by atoms with Crippen molar-refractivity contribution >= 4 is 5.91 Å². The molecule has 1 unspecified atom stereocenters.